The lowest BCUT2D eigenvalue weighted by molar-refractivity contribution is 0.0505. The van der Waals surface area contributed by atoms with Crippen molar-refractivity contribution < 1.29 is 14.3 Å². The van der Waals surface area contributed by atoms with E-state index < -0.39 is 0 Å². The number of nitrogen functional groups attached to an aromatic ring is 1. The van der Waals surface area contributed by atoms with Gasteiger partial charge in [-0.1, -0.05) is 13.8 Å². The van der Waals surface area contributed by atoms with Gasteiger partial charge in [0.25, 0.3) is 0 Å². The predicted octanol–water partition coefficient (Wildman–Crippen LogP) is 2.62. The molecular formula is C13H19NO3. The fourth-order valence-corrected chi connectivity index (χ4v) is 1.30. The van der Waals surface area contributed by atoms with Crippen LogP contribution >= 0.6 is 0 Å². The van der Waals surface area contributed by atoms with E-state index in [1.807, 2.05) is 13.8 Å². The maximum atomic E-state index is 11.6. The predicted molar refractivity (Wildman–Crippen MR) is 67.2 cm³/mol. The molecule has 0 aliphatic carbocycles. The second-order valence-electron chi connectivity index (χ2n) is 3.74. The first-order valence-corrected chi connectivity index (χ1v) is 5.88. The zero-order valence-electron chi connectivity index (χ0n) is 10.4. The van der Waals surface area contributed by atoms with Crippen molar-refractivity contribution in [1.82, 2.24) is 0 Å². The molecule has 0 aliphatic heterocycles. The van der Waals surface area contributed by atoms with E-state index in [1.54, 1.807) is 18.2 Å². The minimum atomic E-state index is -0.347. The van der Waals surface area contributed by atoms with Crippen molar-refractivity contribution in [3.05, 3.63) is 23.8 Å². The van der Waals surface area contributed by atoms with Crippen molar-refractivity contribution >= 4 is 11.7 Å². The van der Waals surface area contributed by atoms with Gasteiger partial charge in [-0.05, 0) is 31.0 Å². The van der Waals surface area contributed by atoms with Crippen LogP contribution in [0.15, 0.2) is 18.2 Å². The number of nitrogens with two attached hydrogens (primary N) is 1. The first kappa shape index (κ1) is 13.4. The number of ether oxygens (including phenoxy) is 2. The smallest absolute Gasteiger partial charge is 0.338 e. The second kappa shape index (κ2) is 6.78. The van der Waals surface area contributed by atoms with Crippen LogP contribution in [-0.4, -0.2) is 19.2 Å². The highest BCUT2D eigenvalue weighted by molar-refractivity contribution is 5.91. The lowest BCUT2D eigenvalue weighted by atomic mass is 10.2. The van der Waals surface area contributed by atoms with E-state index in [0.717, 1.165) is 12.8 Å². The number of carbonyl (C=O) groups is 1. The summed E-state index contributed by atoms with van der Waals surface area (Å²) in [6.45, 7) is 5.01. The monoisotopic (exact) mass is 237 g/mol. The molecule has 2 N–H and O–H groups in total. The molecule has 0 aliphatic rings. The molecule has 0 saturated carbocycles. The number of rotatable bonds is 6. The number of esters is 1. The Morgan fingerprint density at radius 1 is 1.24 bits per heavy atom. The van der Waals surface area contributed by atoms with Crippen LogP contribution in [-0.2, 0) is 4.74 Å². The van der Waals surface area contributed by atoms with Gasteiger partial charge in [0.15, 0.2) is 0 Å². The summed E-state index contributed by atoms with van der Waals surface area (Å²) in [6, 6.07) is 4.95. The molecule has 0 saturated heterocycles. The number of benzene rings is 1. The molecule has 4 nitrogen and oxygen atoms in total. The number of hydrogen-bond donors (Lipinski definition) is 1. The molecule has 1 aromatic carbocycles. The molecule has 0 aromatic heterocycles. The van der Waals surface area contributed by atoms with Gasteiger partial charge in [-0.2, -0.15) is 0 Å². The summed E-state index contributed by atoms with van der Waals surface area (Å²) in [4.78, 5) is 11.6. The van der Waals surface area contributed by atoms with Crippen molar-refractivity contribution in [2.45, 2.75) is 26.7 Å². The van der Waals surface area contributed by atoms with E-state index in [2.05, 4.69) is 0 Å². The topological polar surface area (TPSA) is 61.5 Å². The van der Waals surface area contributed by atoms with E-state index in [-0.39, 0.29) is 5.97 Å². The molecule has 0 amide bonds. The second-order valence-corrected chi connectivity index (χ2v) is 3.74. The van der Waals surface area contributed by atoms with E-state index in [1.165, 1.54) is 0 Å². The molecule has 0 atom stereocenters. The first-order valence-electron chi connectivity index (χ1n) is 5.88. The van der Waals surface area contributed by atoms with Crippen molar-refractivity contribution in [2.24, 2.45) is 0 Å². The van der Waals surface area contributed by atoms with E-state index in [9.17, 15) is 4.79 Å². The van der Waals surface area contributed by atoms with Gasteiger partial charge < -0.3 is 15.2 Å². The van der Waals surface area contributed by atoms with Crippen LogP contribution in [0, 0.1) is 0 Å². The standard InChI is InChI=1S/C13H19NO3/c1-3-7-16-12-6-5-10(9-11(12)14)13(15)17-8-4-2/h5-6,9H,3-4,7-8,14H2,1-2H3. The Balaban J connectivity index is 2.70. The van der Waals surface area contributed by atoms with Gasteiger partial charge in [-0.25, -0.2) is 4.79 Å². The van der Waals surface area contributed by atoms with Crippen LogP contribution in [0.2, 0.25) is 0 Å². The highest BCUT2D eigenvalue weighted by Gasteiger charge is 2.09. The Morgan fingerprint density at radius 2 is 1.94 bits per heavy atom. The van der Waals surface area contributed by atoms with Crippen LogP contribution in [0.5, 0.6) is 5.75 Å². The molecule has 17 heavy (non-hydrogen) atoms. The Kier molecular flexibility index (Phi) is 5.33. The maximum absolute atomic E-state index is 11.6. The average Bonchev–Trinajstić information content (AvgIpc) is 2.34. The van der Waals surface area contributed by atoms with Crippen LogP contribution < -0.4 is 10.5 Å². The molecule has 1 rings (SSSR count). The zero-order chi connectivity index (χ0) is 12.7. The Labute approximate surface area is 102 Å². The summed E-state index contributed by atoms with van der Waals surface area (Å²) in [6.07, 6.45) is 1.72. The molecule has 0 fully saturated rings. The maximum Gasteiger partial charge on any atom is 0.338 e. The number of hydrogen-bond acceptors (Lipinski definition) is 4. The molecule has 0 bridgehead atoms. The van der Waals surface area contributed by atoms with E-state index in [4.69, 9.17) is 15.2 Å². The van der Waals surface area contributed by atoms with E-state index in [0.29, 0.717) is 30.2 Å². The van der Waals surface area contributed by atoms with Crippen LogP contribution in [0.4, 0.5) is 5.69 Å². The zero-order valence-corrected chi connectivity index (χ0v) is 10.4. The third kappa shape index (κ3) is 3.98. The summed E-state index contributed by atoms with van der Waals surface area (Å²) in [5.41, 5.74) is 6.72. The average molecular weight is 237 g/mol. The molecule has 0 heterocycles. The minimum Gasteiger partial charge on any atom is -0.491 e. The van der Waals surface area contributed by atoms with Crippen molar-refractivity contribution in [2.75, 3.05) is 18.9 Å². The fraction of sp³-hybridized carbons (Fsp3) is 0.462. The normalized spacial score (nSPS) is 10.0. The SMILES string of the molecule is CCCOC(=O)c1ccc(OCCC)c(N)c1. The summed E-state index contributed by atoms with van der Waals surface area (Å²) < 4.78 is 10.4. The van der Waals surface area contributed by atoms with Gasteiger partial charge in [-0.15, -0.1) is 0 Å². The summed E-state index contributed by atoms with van der Waals surface area (Å²) >= 11 is 0. The van der Waals surface area contributed by atoms with Gasteiger partial charge in [0, 0.05) is 0 Å². The highest BCUT2D eigenvalue weighted by atomic mass is 16.5. The first-order chi connectivity index (χ1) is 8.19. The third-order valence-electron chi connectivity index (χ3n) is 2.14. The lowest BCUT2D eigenvalue weighted by Gasteiger charge is -2.09. The molecule has 94 valence electrons. The Bertz CT molecular complexity index is 377. The van der Waals surface area contributed by atoms with Crippen molar-refractivity contribution in [3.8, 4) is 5.75 Å². The van der Waals surface area contributed by atoms with Gasteiger partial charge in [0.2, 0.25) is 0 Å². The number of carbonyl (C=O) groups excluding carboxylic acids is 1. The quantitative estimate of drug-likeness (QED) is 0.610. The Morgan fingerprint density at radius 3 is 2.53 bits per heavy atom. The highest BCUT2D eigenvalue weighted by Crippen LogP contribution is 2.23. The molecule has 0 radical (unpaired) electrons. The van der Waals surface area contributed by atoms with Crippen LogP contribution in [0.25, 0.3) is 0 Å². The van der Waals surface area contributed by atoms with Gasteiger partial charge >= 0.3 is 5.97 Å². The number of anilines is 1. The lowest BCUT2D eigenvalue weighted by Crippen LogP contribution is -2.07. The van der Waals surface area contributed by atoms with E-state index >= 15 is 0 Å². The Hall–Kier alpha value is -1.71. The fourth-order valence-electron chi connectivity index (χ4n) is 1.30. The molecular weight excluding hydrogens is 218 g/mol. The molecule has 0 spiro atoms. The third-order valence-corrected chi connectivity index (χ3v) is 2.14. The summed E-state index contributed by atoms with van der Waals surface area (Å²) in [7, 11) is 0. The molecule has 0 unspecified atom stereocenters. The van der Waals surface area contributed by atoms with Gasteiger partial charge in [0.05, 0.1) is 24.5 Å². The minimum absolute atomic E-state index is 0.347. The van der Waals surface area contributed by atoms with Crippen LogP contribution in [0.1, 0.15) is 37.0 Å². The van der Waals surface area contributed by atoms with Gasteiger partial charge in [0.1, 0.15) is 5.75 Å². The largest absolute Gasteiger partial charge is 0.491 e. The summed E-state index contributed by atoms with van der Waals surface area (Å²) in [5.74, 6) is 0.263. The molecule has 4 heteroatoms. The van der Waals surface area contributed by atoms with Crippen molar-refractivity contribution in [3.63, 3.8) is 0 Å². The summed E-state index contributed by atoms with van der Waals surface area (Å²) in [5, 5.41) is 0. The molecule has 1 aromatic rings. The van der Waals surface area contributed by atoms with Crippen LogP contribution in [0.3, 0.4) is 0 Å². The van der Waals surface area contributed by atoms with Gasteiger partial charge in [-0.3, -0.25) is 0 Å². The van der Waals surface area contributed by atoms with Crippen molar-refractivity contribution in [1.29, 1.82) is 0 Å².